The van der Waals surface area contributed by atoms with Crippen molar-refractivity contribution < 1.29 is 9.31 Å². The van der Waals surface area contributed by atoms with E-state index >= 15 is 0 Å². The Hall–Kier alpha value is -1.19. The van der Waals surface area contributed by atoms with Crippen LogP contribution in [0.1, 0.15) is 6.42 Å². The Morgan fingerprint density at radius 1 is 1.60 bits per heavy atom. The van der Waals surface area contributed by atoms with Gasteiger partial charge in [0.2, 0.25) is 0 Å². The Balaban J connectivity index is 2.67. The number of nitro groups is 1. The van der Waals surface area contributed by atoms with Crippen molar-refractivity contribution in [3.8, 4) is 0 Å². The molecule has 0 spiro atoms. The highest BCUT2D eigenvalue weighted by molar-refractivity contribution is 5.23. The van der Waals surface area contributed by atoms with Gasteiger partial charge in [0.1, 0.15) is 0 Å². The maximum Gasteiger partial charge on any atom is 0.265 e. The van der Waals surface area contributed by atoms with Crippen LogP contribution in [-0.4, -0.2) is 4.92 Å². The zero-order valence-electron chi connectivity index (χ0n) is 5.08. The maximum atomic E-state index is 12.2. The summed E-state index contributed by atoms with van der Waals surface area (Å²) >= 11 is 0. The van der Waals surface area contributed by atoms with E-state index in [0.717, 1.165) is 12.2 Å². The van der Waals surface area contributed by atoms with Gasteiger partial charge in [-0.25, -0.2) is 4.39 Å². The van der Waals surface area contributed by atoms with E-state index in [4.69, 9.17) is 0 Å². The van der Waals surface area contributed by atoms with E-state index in [1.165, 1.54) is 6.08 Å². The third-order valence-electron chi connectivity index (χ3n) is 1.15. The third-order valence-corrected chi connectivity index (χ3v) is 1.15. The second-order valence-corrected chi connectivity index (χ2v) is 1.87. The highest BCUT2D eigenvalue weighted by Crippen LogP contribution is 2.18. The van der Waals surface area contributed by atoms with Gasteiger partial charge in [-0.3, -0.25) is 10.1 Å². The molecule has 0 fully saturated rings. The van der Waals surface area contributed by atoms with Gasteiger partial charge in [-0.05, 0) is 12.2 Å². The fourth-order valence-corrected chi connectivity index (χ4v) is 0.649. The van der Waals surface area contributed by atoms with E-state index < -0.39 is 4.92 Å². The molecule has 0 bridgehead atoms. The monoisotopic (exact) mass is 142 g/mol. The van der Waals surface area contributed by atoms with E-state index in [0.29, 0.717) is 0 Å². The van der Waals surface area contributed by atoms with E-state index in [1.807, 2.05) is 0 Å². The Bertz CT molecular complexity index is 210. The molecular formula is C6H5FNO2. The molecule has 4 heteroatoms. The fourth-order valence-electron chi connectivity index (χ4n) is 0.649. The molecule has 0 aliphatic heterocycles. The summed E-state index contributed by atoms with van der Waals surface area (Å²) in [6.07, 6.45) is 3.20. The minimum atomic E-state index is -0.539. The van der Waals surface area contributed by atoms with Crippen LogP contribution in [0.15, 0.2) is 23.9 Å². The lowest BCUT2D eigenvalue weighted by Crippen LogP contribution is -2.00. The molecule has 0 N–H and O–H groups in total. The van der Waals surface area contributed by atoms with Crippen LogP contribution in [0.2, 0.25) is 0 Å². The van der Waals surface area contributed by atoms with Gasteiger partial charge in [-0.1, -0.05) is 0 Å². The lowest BCUT2D eigenvalue weighted by Gasteiger charge is -2.00. The molecule has 0 unspecified atom stereocenters. The summed E-state index contributed by atoms with van der Waals surface area (Å²) in [5, 5.41) is 10.0. The van der Waals surface area contributed by atoms with Crippen LogP contribution in [0.3, 0.4) is 0 Å². The summed E-state index contributed by atoms with van der Waals surface area (Å²) < 4.78 is 12.2. The third kappa shape index (κ3) is 1.40. The average molecular weight is 142 g/mol. The van der Waals surface area contributed by atoms with Gasteiger partial charge in [0, 0.05) is 12.5 Å². The SMILES string of the molecule is O=[N+]([O-])C1=CC[C](F)C=C1. The van der Waals surface area contributed by atoms with Crippen molar-refractivity contribution >= 4 is 0 Å². The lowest BCUT2D eigenvalue weighted by molar-refractivity contribution is -0.419. The molecule has 0 amide bonds. The van der Waals surface area contributed by atoms with Crippen molar-refractivity contribution in [1.82, 2.24) is 0 Å². The first-order chi connectivity index (χ1) is 4.70. The highest BCUT2D eigenvalue weighted by Gasteiger charge is 2.14. The molecule has 53 valence electrons. The van der Waals surface area contributed by atoms with Crippen LogP contribution in [0.5, 0.6) is 0 Å². The molecule has 1 rings (SSSR count). The molecule has 1 aliphatic carbocycles. The highest BCUT2D eigenvalue weighted by atomic mass is 19.1. The molecule has 0 aromatic carbocycles. The molecular weight excluding hydrogens is 137 g/mol. The standard InChI is InChI=1S/C6H5FNO2/c7-5-1-3-6(4-2-5)8(9)10/h1,3-4H,2H2. The smallest absolute Gasteiger partial charge is 0.258 e. The van der Waals surface area contributed by atoms with Crippen molar-refractivity contribution in [1.29, 1.82) is 0 Å². The molecule has 0 aromatic heterocycles. The summed E-state index contributed by atoms with van der Waals surface area (Å²) in [5.74, 6) is 0. The van der Waals surface area contributed by atoms with Gasteiger partial charge in [-0.15, -0.1) is 0 Å². The van der Waals surface area contributed by atoms with Crippen molar-refractivity contribution in [3.63, 3.8) is 0 Å². The van der Waals surface area contributed by atoms with Crippen LogP contribution >= 0.6 is 0 Å². The van der Waals surface area contributed by atoms with Gasteiger partial charge in [0.15, 0.2) is 6.17 Å². The number of hydrogen-bond acceptors (Lipinski definition) is 2. The largest absolute Gasteiger partial charge is 0.265 e. The molecule has 0 heterocycles. The molecule has 3 nitrogen and oxygen atoms in total. The van der Waals surface area contributed by atoms with Gasteiger partial charge in [-0.2, -0.15) is 0 Å². The summed E-state index contributed by atoms with van der Waals surface area (Å²) in [7, 11) is 0. The summed E-state index contributed by atoms with van der Waals surface area (Å²) in [5.41, 5.74) is -0.0404. The molecule has 1 aliphatic rings. The number of halogens is 1. The van der Waals surface area contributed by atoms with Crippen LogP contribution in [0.25, 0.3) is 0 Å². The lowest BCUT2D eigenvalue weighted by atomic mass is 10.1. The van der Waals surface area contributed by atoms with Crippen LogP contribution in [0, 0.1) is 16.3 Å². The molecule has 0 saturated carbocycles. The quantitative estimate of drug-likeness (QED) is 0.412. The second-order valence-electron chi connectivity index (χ2n) is 1.87. The predicted octanol–water partition coefficient (Wildman–Crippen LogP) is 1.61. The van der Waals surface area contributed by atoms with Crippen molar-refractivity contribution in [2.24, 2.45) is 0 Å². The Morgan fingerprint density at radius 3 is 2.70 bits per heavy atom. The van der Waals surface area contributed by atoms with Crippen LogP contribution < -0.4 is 0 Å². The zero-order chi connectivity index (χ0) is 7.56. The molecule has 0 atom stereocenters. The topological polar surface area (TPSA) is 43.1 Å². The summed E-state index contributed by atoms with van der Waals surface area (Å²) in [4.78, 5) is 9.48. The predicted molar refractivity (Wildman–Crippen MR) is 33.2 cm³/mol. The average Bonchev–Trinajstić information content (AvgIpc) is 1.88. The van der Waals surface area contributed by atoms with E-state index in [-0.39, 0.29) is 18.3 Å². The Kier molecular flexibility index (Phi) is 1.80. The zero-order valence-corrected chi connectivity index (χ0v) is 5.08. The van der Waals surface area contributed by atoms with Gasteiger partial charge >= 0.3 is 0 Å². The van der Waals surface area contributed by atoms with Crippen molar-refractivity contribution in [2.45, 2.75) is 6.42 Å². The molecule has 0 saturated heterocycles. The first-order valence-corrected chi connectivity index (χ1v) is 2.74. The minimum Gasteiger partial charge on any atom is -0.258 e. The van der Waals surface area contributed by atoms with Crippen molar-refractivity contribution in [3.05, 3.63) is 40.2 Å². The normalized spacial score (nSPS) is 18.7. The minimum absolute atomic E-state index is 0.0345. The van der Waals surface area contributed by atoms with Crippen LogP contribution in [0.4, 0.5) is 4.39 Å². The van der Waals surface area contributed by atoms with Gasteiger partial charge in [0.25, 0.3) is 5.70 Å². The number of hydrogen-bond donors (Lipinski definition) is 0. The number of rotatable bonds is 1. The van der Waals surface area contributed by atoms with E-state index in [2.05, 4.69) is 0 Å². The summed E-state index contributed by atoms with van der Waals surface area (Å²) in [6, 6.07) is 0. The molecule has 10 heavy (non-hydrogen) atoms. The molecule has 0 aromatic rings. The Morgan fingerprint density at radius 2 is 2.30 bits per heavy atom. The van der Waals surface area contributed by atoms with Gasteiger partial charge < -0.3 is 0 Å². The second kappa shape index (κ2) is 2.60. The van der Waals surface area contributed by atoms with Crippen molar-refractivity contribution in [2.75, 3.05) is 0 Å². The first-order valence-electron chi connectivity index (χ1n) is 2.74. The van der Waals surface area contributed by atoms with E-state index in [1.54, 1.807) is 0 Å². The maximum absolute atomic E-state index is 12.2. The fraction of sp³-hybridized carbons (Fsp3) is 0.167. The summed E-state index contributed by atoms with van der Waals surface area (Å²) in [6.45, 7) is 0. The molecule has 1 radical (unpaired) electrons. The van der Waals surface area contributed by atoms with Gasteiger partial charge in [0.05, 0.1) is 4.92 Å². The number of nitrogens with zero attached hydrogens (tertiary/aromatic N) is 1. The Labute approximate surface area is 57.0 Å². The van der Waals surface area contributed by atoms with E-state index in [9.17, 15) is 14.5 Å². The number of allylic oxidation sites excluding steroid dienone is 3. The van der Waals surface area contributed by atoms with Crippen LogP contribution in [-0.2, 0) is 0 Å². The first kappa shape index (κ1) is 6.92.